The monoisotopic (exact) mass is 1160 g/mol. The first kappa shape index (κ1) is 58.5. The molecule has 0 N–H and O–H groups in total. The molecule has 78 heavy (non-hydrogen) atoms. The molecule has 8 aromatic rings. The molecule has 3 aliphatic heterocycles. The molecule has 0 aliphatic carbocycles. The second-order valence-electron chi connectivity index (χ2n) is 19.4. The van der Waals surface area contributed by atoms with Crippen LogP contribution < -0.4 is 59.8 Å². The maximum Gasteiger partial charge on any atom is 0.137 e. The Morgan fingerprint density at radius 2 is 0.474 bits per heavy atom. The van der Waals surface area contributed by atoms with E-state index < -0.39 is 31.7 Å². The van der Waals surface area contributed by atoms with Crippen molar-refractivity contribution in [2.45, 2.75) is 12.8 Å². The molecule has 0 spiro atoms. The number of hydrogen-bond acceptors (Lipinski definition) is 9. The first-order chi connectivity index (χ1) is 38.0. The average molecular weight is 1160 g/mol. The average Bonchev–Trinajstić information content (AvgIpc) is 4.11. The number of ether oxygens (including phenoxy) is 5. The van der Waals surface area contributed by atoms with Crippen LogP contribution in [0.1, 0.15) is 12.8 Å². The largest absolute Gasteiger partial charge is 0.497 e. The van der Waals surface area contributed by atoms with E-state index >= 15 is 0 Å². The van der Waals surface area contributed by atoms with Crippen molar-refractivity contribution in [3.63, 3.8) is 0 Å². The molecule has 408 valence electrons. The number of methoxy groups -OCH3 is 4. The van der Waals surface area contributed by atoms with E-state index in [1.54, 1.807) is 28.4 Å². The predicted octanol–water partition coefficient (Wildman–Crippen LogP) is 12.7. The van der Waals surface area contributed by atoms with E-state index in [0.717, 1.165) is 86.5 Å². The molecule has 14 heteroatoms. The van der Waals surface area contributed by atoms with Crippen molar-refractivity contribution in [2.75, 3.05) is 112 Å². The zero-order valence-electron chi connectivity index (χ0n) is 45.4. The van der Waals surface area contributed by atoms with Gasteiger partial charge in [-0.1, -0.05) is 72.8 Å². The molecular weight excluding hydrogens is 1090 g/mol. The summed E-state index contributed by atoms with van der Waals surface area (Å²) in [6.45, 7) is 2.00. The van der Waals surface area contributed by atoms with Crippen molar-refractivity contribution in [3.05, 3.63) is 218 Å². The molecule has 8 aromatic carbocycles. The van der Waals surface area contributed by atoms with Gasteiger partial charge in [-0.2, -0.15) is 0 Å². The fraction of sp³-hybridized carbons (Fsp3) is 0.250. The molecule has 9 nitrogen and oxygen atoms in total. The Hall–Kier alpha value is -5.67. The van der Waals surface area contributed by atoms with Gasteiger partial charge in [0.25, 0.3) is 0 Å². The molecule has 0 bridgehead atoms. The van der Waals surface area contributed by atoms with Crippen LogP contribution in [0.25, 0.3) is 0 Å². The van der Waals surface area contributed by atoms with Crippen LogP contribution in [-0.2, 0) is 21.2 Å². The summed E-state index contributed by atoms with van der Waals surface area (Å²) in [6, 6.07) is 78.9. The summed E-state index contributed by atoms with van der Waals surface area (Å²) in [5.41, 5.74) is 5.13. The van der Waals surface area contributed by atoms with Crippen LogP contribution in [0.15, 0.2) is 218 Å². The number of anilines is 4. The Morgan fingerprint density at radius 3 is 0.628 bits per heavy atom. The predicted molar refractivity (Wildman–Crippen MR) is 338 cm³/mol. The van der Waals surface area contributed by atoms with E-state index in [0.29, 0.717) is 0 Å². The summed E-state index contributed by atoms with van der Waals surface area (Å²) >= 11 is 0. The quantitative estimate of drug-likeness (QED) is 0.0879. The van der Waals surface area contributed by atoms with Gasteiger partial charge >= 0.3 is 0 Å². The molecule has 3 fully saturated rings. The first-order valence-corrected chi connectivity index (χ1v) is 34.4. The van der Waals surface area contributed by atoms with Crippen molar-refractivity contribution in [1.82, 2.24) is 0 Å². The van der Waals surface area contributed by atoms with Crippen LogP contribution in [-0.4, -0.2) is 91.9 Å². The molecule has 0 aromatic heterocycles. The molecule has 11 rings (SSSR count). The Balaban J connectivity index is 0.000000186. The van der Waals surface area contributed by atoms with E-state index in [4.69, 9.17) is 23.7 Å². The van der Waals surface area contributed by atoms with E-state index in [-0.39, 0.29) is 16.5 Å². The van der Waals surface area contributed by atoms with E-state index in [9.17, 15) is 0 Å². The fourth-order valence-corrected chi connectivity index (χ4v) is 21.6. The van der Waals surface area contributed by atoms with Crippen molar-refractivity contribution in [1.29, 1.82) is 0 Å². The van der Waals surface area contributed by atoms with Gasteiger partial charge in [-0.05, 0) is 158 Å². The maximum atomic E-state index is 5.44. The zero-order chi connectivity index (χ0) is 53.0. The van der Waals surface area contributed by atoms with E-state index in [1.165, 1.54) is 56.8 Å². The van der Waals surface area contributed by atoms with Gasteiger partial charge in [-0.3, -0.25) is 0 Å². The minimum atomic E-state index is -0.905. The summed E-state index contributed by atoms with van der Waals surface area (Å²) in [6.07, 6.45) is 11.1. The second kappa shape index (κ2) is 30.6. The molecule has 0 amide bonds. The third-order valence-electron chi connectivity index (χ3n) is 14.4. The third-order valence-corrected chi connectivity index (χ3v) is 25.1. The summed E-state index contributed by atoms with van der Waals surface area (Å²) in [4.78, 5) is 10.6. The molecule has 0 saturated carbocycles. The maximum absolute atomic E-state index is 5.44. The Kier molecular flexibility index (Phi) is 23.0. The standard InChI is InChI=1S/2C30H32N2O2P2.C4H8O.Ni/c2*1-33-27-17-13-25(14-18-27)31-21-35(29-9-5-3-6-10-29)23-32(26-15-19-28(34-2)20-16-26)24-36(22-31)30-11-7-4-8-12-30;1-2-4-5-3-1;/h2*3-20H,21-24H2,1-2H3;1-4H2;/p+4. The van der Waals surface area contributed by atoms with E-state index in [2.05, 4.69) is 238 Å². The molecule has 0 atom stereocenters. The minimum absolute atomic E-state index is 0. The van der Waals surface area contributed by atoms with Crippen LogP contribution in [0.3, 0.4) is 0 Å². The third kappa shape index (κ3) is 16.5. The smallest absolute Gasteiger partial charge is 0.137 e. The van der Waals surface area contributed by atoms with Crippen LogP contribution in [0, 0.1) is 0 Å². The van der Waals surface area contributed by atoms with Crippen LogP contribution in [0.4, 0.5) is 22.7 Å². The van der Waals surface area contributed by atoms with Crippen molar-refractivity contribution in [3.8, 4) is 23.0 Å². The topological polar surface area (TPSA) is 59.1 Å². The summed E-state index contributed by atoms with van der Waals surface area (Å²) in [7, 11) is 3.29. The van der Waals surface area contributed by atoms with Gasteiger partial charge in [0.05, 0.1) is 81.3 Å². The van der Waals surface area contributed by atoms with Crippen molar-refractivity contribution >= 4 is 75.7 Å². The van der Waals surface area contributed by atoms with E-state index in [1.807, 2.05) is 0 Å². The van der Waals surface area contributed by atoms with Crippen LogP contribution >= 0.6 is 31.7 Å². The van der Waals surface area contributed by atoms with Gasteiger partial charge in [0.1, 0.15) is 73.3 Å². The van der Waals surface area contributed by atoms with Gasteiger partial charge in [-0.25, -0.2) is 0 Å². The number of benzene rings is 8. The van der Waals surface area contributed by atoms with Gasteiger partial charge in [0, 0.05) is 52.5 Å². The van der Waals surface area contributed by atoms with Gasteiger partial charge in [0.2, 0.25) is 0 Å². The molecular formula is C64H76N4NiO5P4+4. The Labute approximate surface area is 478 Å². The van der Waals surface area contributed by atoms with Crippen LogP contribution in [0.2, 0.25) is 0 Å². The van der Waals surface area contributed by atoms with Crippen molar-refractivity contribution in [2.24, 2.45) is 0 Å². The number of nitrogens with zero attached hydrogens (tertiary/aromatic N) is 4. The molecule has 3 heterocycles. The van der Waals surface area contributed by atoms with Crippen LogP contribution in [0.5, 0.6) is 23.0 Å². The summed E-state index contributed by atoms with van der Waals surface area (Å²) in [5.74, 6) is 3.61. The minimum Gasteiger partial charge on any atom is -0.497 e. The summed E-state index contributed by atoms with van der Waals surface area (Å²) < 4.78 is 26.7. The zero-order valence-corrected chi connectivity index (χ0v) is 50.4. The Morgan fingerprint density at radius 1 is 0.282 bits per heavy atom. The van der Waals surface area contributed by atoms with Gasteiger partial charge in [-0.15, -0.1) is 0 Å². The summed E-state index contributed by atoms with van der Waals surface area (Å²) in [5, 5.41) is 5.93. The Bertz CT molecular complexity index is 2510. The molecule has 0 radical (unpaired) electrons. The fourth-order valence-electron chi connectivity index (χ4n) is 10.1. The SMILES string of the molecule is C1CCOC1.COc1ccc(N2C[PH+](c3ccccc3)CN(c3ccc(OC)cc3)C[PH+](c3ccccc3)C2)cc1.COc1ccc(N2C[PH+](c3ccccc3)CN(c3ccc(OC)cc3)C[PH+](c3ccccc3)C2)cc1.[Ni]. The molecule has 0 unspecified atom stereocenters. The van der Waals surface area contributed by atoms with Gasteiger partial charge in [0.15, 0.2) is 0 Å². The number of rotatable bonds is 12. The molecule has 3 aliphatic rings. The number of hydrogen-bond donors (Lipinski definition) is 0. The second-order valence-corrected chi connectivity index (χ2v) is 29.1. The van der Waals surface area contributed by atoms with Crippen molar-refractivity contribution < 1.29 is 40.2 Å². The van der Waals surface area contributed by atoms with Gasteiger partial charge < -0.3 is 43.3 Å². The normalized spacial score (nSPS) is 18.4. The molecule has 3 saturated heterocycles. The first-order valence-electron chi connectivity index (χ1n) is 26.7.